The van der Waals surface area contributed by atoms with E-state index < -0.39 is 31.9 Å². The molecule has 1 N–H and O–H groups in total. The quantitative estimate of drug-likeness (QED) is 0.787. The van der Waals surface area contributed by atoms with Gasteiger partial charge >= 0.3 is 0 Å². The minimum atomic E-state index is -4.11. The highest BCUT2D eigenvalue weighted by atomic mass is 32.2. The molecule has 1 fully saturated rings. The molecule has 2 aromatic carbocycles. The average Bonchev–Trinajstić information content (AvgIpc) is 2.83. The largest absolute Gasteiger partial charge is 0.495 e. The molecule has 28 heavy (non-hydrogen) atoms. The Balaban J connectivity index is 2.10. The predicted molar refractivity (Wildman–Crippen MR) is 105 cm³/mol. The molecule has 0 saturated carbocycles. The maximum absolute atomic E-state index is 13.0. The first-order chi connectivity index (χ1) is 13.1. The van der Waals surface area contributed by atoms with Gasteiger partial charge in [0.1, 0.15) is 10.6 Å². The van der Waals surface area contributed by atoms with Crippen molar-refractivity contribution < 1.29 is 26.4 Å². The van der Waals surface area contributed by atoms with Gasteiger partial charge in [-0.05, 0) is 36.8 Å². The Kier molecular flexibility index (Phi) is 5.11. The number of hydrogen-bond donors (Lipinski definition) is 1. The molecule has 0 aromatic heterocycles. The van der Waals surface area contributed by atoms with Crippen molar-refractivity contribution in [2.45, 2.75) is 18.7 Å². The first kappa shape index (κ1) is 20.2. The summed E-state index contributed by atoms with van der Waals surface area (Å²) in [6, 6.07) is 10.6. The van der Waals surface area contributed by atoms with E-state index in [1.165, 1.54) is 26.2 Å². The van der Waals surface area contributed by atoms with Gasteiger partial charge in [0.05, 0.1) is 30.2 Å². The van der Waals surface area contributed by atoms with E-state index in [-0.39, 0.29) is 22.1 Å². The van der Waals surface area contributed by atoms with Crippen LogP contribution < -0.4 is 13.8 Å². The molecule has 0 radical (unpaired) electrons. The Bertz CT molecular complexity index is 1140. The summed E-state index contributed by atoms with van der Waals surface area (Å²) in [7, 11) is -6.66. The van der Waals surface area contributed by atoms with E-state index in [1.807, 2.05) is 0 Å². The molecular formula is C18H20N2O6S2. The number of hydrogen-bond acceptors (Lipinski definition) is 6. The minimum absolute atomic E-state index is 0.0296. The number of carbonyl (C=O) groups excluding carboxylic acids is 1. The number of ether oxygens (including phenoxy) is 1. The summed E-state index contributed by atoms with van der Waals surface area (Å²) in [6.07, 6.45) is 0. The number of amides is 1. The van der Waals surface area contributed by atoms with Crippen molar-refractivity contribution in [1.82, 2.24) is 0 Å². The average molecular weight is 425 g/mol. The number of methoxy groups -OCH3 is 1. The van der Waals surface area contributed by atoms with E-state index in [9.17, 15) is 21.6 Å². The van der Waals surface area contributed by atoms with E-state index in [4.69, 9.17) is 4.74 Å². The van der Waals surface area contributed by atoms with Gasteiger partial charge in [-0.1, -0.05) is 25.1 Å². The summed E-state index contributed by atoms with van der Waals surface area (Å²) in [4.78, 5) is 12.1. The van der Waals surface area contributed by atoms with Crippen LogP contribution in [-0.4, -0.2) is 35.6 Å². The summed E-state index contributed by atoms with van der Waals surface area (Å²) in [5.74, 6) is -1.58. The lowest BCUT2D eigenvalue weighted by molar-refractivity contribution is -0.119. The van der Waals surface area contributed by atoms with Crippen molar-refractivity contribution in [2.75, 3.05) is 21.9 Å². The zero-order valence-electron chi connectivity index (χ0n) is 15.5. The molecule has 150 valence electrons. The molecule has 1 aliphatic heterocycles. The third-order valence-electron chi connectivity index (χ3n) is 4.42. The summed E-state index contributed by atoms with van der Waals surface area (Å²) in [6.45, 7) is 3.27. The van der Waals surface area contributed by atoms with E-state index in [2.05, 4.69) is 4.72 Å². The molecule has 8 nitrogen and oxygen atoms in total. The predicted octanol–water partition coefficient (Wildman–Crippen LogP) is 2.12. The fraction of sp³-hybridized carbons (Fsp3) is 0.278. The van der Waals surface area contributed by atoms with Crippen LogP contribution in [0, 0.1) is 12.8 Å². The Labute approximate surface area is 164 Å². The Hall–Kier alpha value is -2.59. The van der Waals surface area contributed by atoms with Crippen LogP contribution >= 0.6 is 0 Å². The van der Waals surface area contributed by atoms with Crippen LogP contribution in [-0.2, 0) is 24.8 Å². The molecule has 3 rings (SSSR count). The zero-order chi connectivity index (χ0) is 20.7. The van der Waals surface area contributed by atoms with Crippen LogP contribution in [0.3, 0.4) is 0 Å². The molecule has 0 bridgehead atoms. The van der Waals surface area contributed by atoms with Crippen molar-refractivity contribution in [3.8, 4) is 5.75 Å². The van der Waals surface area contributed by atoms with Crippen LogP contribution in [0.4, 0.5) is 11.4 Å². The monoisotopic (exact) mass is 424 g/mol. The van der Waals surface area contributed by atoms with Gasteiger partial charge in [-0.25, -0.2) is 21.1 Å². The smallest absolute Gasteiger partial charge is 0.265 e. The molecule has 0 spiro atoms. The molecule has 1 heterocycles. The van der Waals surface area contributed by atoms with Crippen LogP contribution in [0.15, 0.2) is 47.4 Å². The van der Waals surface area contributed by atoms with Crippen LogP contribution in [0.2, 0.25) is 0 Å². The van der Waals surface area contributed by atoms with Crippen molar-refractivity contribution >= 4 is 37.3 Å². The molecule has 2 aromatic rings. The third kappa shape index (κ3) is 3.57. The van der Waals surface area contributed by atoms with Gasteiger partial charge in [-0.3, -0.25) is 9.52 Å². The minimum Gasteiger partial charge on any atom is -0.495 e. The van der Waals surface area contributed by atoms with Crippen molar-refractivity contribution in [3.63, 3.8) is 0 Å². The fourth-order valence-electron chi connectivity index (χ4n) is 2.98. The molecule has 0 aliphatic carbocycles. The number of anilines is 2. The van der Waals surface area contributed by atoms with Crippen molar-refractivity contribution in [2.24, 2.45) is 5.92 Å². The molecule has 1 saturated heterocycles. The fourth-order valence-corrected chi connectivity index (χ4v) is 6.11. The van der Waals surface area contributed by atoms with Crippen LogP contribution in [0.25, 0.3) is 0 Å². The normalized spacial score (nSPS) is 18.9. The molecule has 10 heteroatoms. The van der Waals surface area contributed by atoms with E-state index in [0.29, 0.717) is 15.6 Å². The van der Waals surface area contributed by atoms with Crippen LogP contribution in [0.1, 0.15) is 12.5 Å². The third-order valence-corrected chi connectivity index (χ3v) is 7.68. The van der Waals surface area contributed by atoms with Gasteiger partial charge in [0.25, 0.3) is 10.0 Å². The van der Waals surface area contributed by atoms with E-state index in [1.54, 1.807) is 31.2 Å². The van der Waals surface area contributed by atoms with Crippen LogP contribution in [0.5, 0.6) is 5.75 Å². The highest BCUT2D eigenvalue weighted by molar-refractivity contribution is 7.94. The summed E-state index contributed by atoms with van der Waals surface area (Å²) >= 11 is 0. The van der Waals surface area contributed by atoms with Crippen molar-refractivity contribution in [3.05, 3.63) is 48.0 Å². The lowest BCUT2D eigenvalue weighted by Crippen LogP contribution is -2.30. The van der Waals surface area contributed by atoms with Crippen molar-refractivity contribution in [1.29, 1.82) is 0 Å². The van der Waals surface area contributed by atoms with Gasteiger partial charge in [-0.15, -0.1) is 0 Å². The topological polar surface area (TPSA) is 110 Å². The number of nitrogens with zero attached hydrogens (tertiary/aromatic N) is 1. The number of rotatable bonds is 5. The van der Waals surface area contributed by atoms with Gasteiger partial charge in [0.2, 0.25) is 15.9 Å². The number of carbonyl (C=O) groups is 1. The van der Waals surface area contributed by atoms with E-state index >= 15 is 0 Å². The summed E-state index contributed by atoms with van der Waals surface area (Å²) in [5.41, 5.74) is 1.06. The first-order valence-corrected chi connectivity index (χ1v) is 11.5. The second-order valence-electron chi connectivity index (χ2n) is 6.54. The number of aryl methyl sites for hydroxylation is 1. The Morgan fingerprint density at radius 3 is 2.43 bits per heavy atom. The standard InChI is InChI=1S/C18H20N2O6S2/c1-12-6-4-5-7-15(12)19-28(24,25)17-10-14(8-9-16(17)26-3)20-18(21)13(2)11-27(20,22)23/h4-10,13,19H,11H2,1-3H3. The molecule has 1 unspecified atom stereocenters. The number of sulfonamides is 2. The lowest BCUT2D eigenvalue weighted by Gasteiger charge is -2.18. The zero-order valence-corrected chi connectivity index (χ0v) is 17.2. The summed E-state index contributed by atoms with van der Waals surface area (Å²) < 4.78 is 58.9. The molecule has 1 aliphatic rings. The maximum atomic E-state index is 13.0. The number of nitrogens with one attached hydrogen (secondary N) is 1. The van der Waals surface area contributed by atoms with Gasteiger partial charge in [0, 0.05) is 0 Å². The molecular weight excluding hydrogens is 404 g/mol. The van der Waals surface area contributed by atoms with Gasteiger partial charge in [0.15, 0.2) is 0 Å². The number of benzene rings is 2. The SMILES string of the molecule is COc1ccc(N2C(=O)C(C)CS2(=O)=O)cc1S(=O)(=O)Nc1ccccc1C. The second kappa shape index (κ2) is 7.10. The Morgan fingerprint density at radius 2 is 1.86 bits per heavy atom. The number of para-hydroxylation sites is 1. The van der Waals surface area contributed by atoms with Gasteiger partial charge < -0.3 is 4.74 Å². The Morgan fingerprint density at radius 1 is 1.18 bits per heavy atom. The molecule has 1 amide bonds. The first-order valence-electron chi connectivity index (χ1n) is 8.40. The van der Waals surface area contributed by atoms with E-state index in [0.717, 1.165) is 6.07 Å². The summed E-state index contributed by atoms with van der Waals surface area (Å²) in [5, 5.41) is 0. The molecule has 1 atom stereocenters. The van der Waals surface area contributed by atoms with Gasteiger partial charge in [-0.2, -0.15) is 0 Å². The highest BCUT2D eigenvalue weighted by Crippen LogP contribution is 2.34. The highest BCUT2D eigenvalue weighted by Gasteiger charge is 2.42. The maximum Gasteiger partial charge on any atom is 0.265 e. The lowest BCUT2D eigenvalue weighted by atomic mass is 10.2. The second-order valence-corrected chi connectivity index (χ2v) is 10.1.